The lowest BCUT2D eigenvalue weighted by atomic mass is 9.97. The molecule has 1 unspecified atom stereocenters. The molecule has 0 bridgehead atoms. The van der Waals surface area contributed by atoms with Crippen molar-refractivity contribution in [3.8, 4) is 0 Å². The number of rotatable bonds is 3. The molecule has 2 aliphatic rings. The van der Waals surface area contributed by atoms with Gasteiger partial charge in [-0.1, -0.05) is 6.07 Å². The third-order valence-corrected chi connectivity index (χ3v) is 6.86. The second-order valence-corrected chi connectivity index (χ2v) is 11.1. The fourth-order valence-electron chi connectivity index (χ4n) is 5.30. The summed E-state index contributed by atoms with van der Waals surface area (Å²) in [5.74, 6) is 0.492. The predicted octanol–water partition coefficient (Wildman–Crippen LogP) is 4.32. The van der Waals surface area contributed by atoms with Crippen LogP contribution in [0.1, 0.15) is 62.9 Å². The number of hydrogen-bond donors (Lipinski definition) is 2. The number of anilines is 2. The van der Waals surface area contributed by atoms with Crippen LogP contribution in [0, 0.1) is 13.8 Å². The van der Waals surface area contributed by atoms with Crippen LogP contribution in [-0.2, 0) is 17.6 Å². The summed E-state index contributed by atoms with van der Waals surface area (Å²) in [6, 6.07) is 6.71. The Labute approximate surface area is 208 Å². The molecule has 0 saturated carbocycles. The van der Waals surface area contributed by atoms with Gasteiger partial charge in [0, 0.05) is 49.4 Å². The fraction of sp³-hybridized carbons (Fsp3) is 0.593. The second kappa shape index (κ2) is 10.0. The van der Waals surface area contributed by atoms with Gasteiger partial charge in [0.05, 0.1) is 5.69 Å². The number of piperidine rings is 1. The third kappa shape index (κ3) is 6.23. The number of hydrogen-bond acceptors (Lipinski definition) is 6. The van der Waals surface area contributed by atoms with E-state index in [4.69, 9.17) is 9.72 Å². The summed E-state index contributed by atoms with van der Waals surface area (Å²) < 4.78 is 5.59. The van der Waals surface area contributed by atoms with E-state index in [1.165, 1.54) is 0 Å². The standard InChI is InChI=1S/C27H39N5O3/c1-17-13-18(2)15-20(14-17)28-25-29-23-9-11-31(10-8-22(23)24(33)30-25)21-7-12-32(19(3)16-21)26(34)35-27(4,5)6/h13-15,19,21H,7-12,16H2,1-6H3,(H2,28,29,30,33)/t19-,21?/m0/s1. The molecule has 1 aromatic heterocycles. The molecule has 8 heteroatoms. The molecule has 1 saturated heterocycles. The van der Waals surface area contributed by atoms with E-state index in [0.29, 0.717) is 25.0 Å². The minimum atomic E-state index is -0.490. The molecule has 2 aliphatic heterocycles. The molecule has 2 aromatic rings. The molecule has 35 heavy (non-hydrogen) atoms. The quantitative estimate of drug-likeness (QED) is 0.679. The van der Waals surface area contributed by atoms with Crippen molar-refractivity contribution in [3.05, 3.63) is 50.9 Å². The first-order valence-corrected chi connectivity index (χ1v) is 12.7. The maximum Gasteiger partial charge on any atom is 0.410 e. The molecular weight excluding hydrogens is 442 g/mol. The number of fused-ring (bicyclic) bond motifs is 1. The van der Waals surface area contributed by atoms with E-state index in [-0.39, 0.29) is 17.7 Å². The highest BCUT2D eigenvalue weighted by Gasteiger charge is 2.34. The summed E-state index contributed by atoms with van der Waals surface area (Å²) in [7, 11) is 0. The number of amides is 1. The minimum absolute atomic E-state index is 0.0585. The van der Waals surface area contributed by atoms with Crippen LogP contribution in [0.2, 0.25) is 0 Å². The van der Waals surface area contributed by atoms with E-state index in [0.717, 1.165) is 60.4 Å². The molecule has 2 atom stereocenters. The predicted molar refractivity (Wildman–Crippen MR) is 138 cm³/mol. The lowest BCUT2D eigenvalue weighted by molar-refractivity contribution is 0.00176. The number of aromatic nitrogens is 2. The van der Waals surface area contributed by atoms with Crippen LogP contribution in [0.5, 0.6) is 0 Å². The molecule has 0 spiro atoms. The monoisotopic (exact) mass is 481 g/mol. The topological polar surface area (TPSA) is 90.6 Å². The number of nitrogens with one attached hydrogen (secondary N) is 2. The van der Waals surface area contributed by atoms with Gasteiger partial charge in [0.15, 0.2) is 0 Å². The Balaban J connectivity index is 1.41. The average molecular weight is 482 g/mol. The first-order valence-electron chi connectivity index (χ1n) is 12.7. The van der Waals surface area contributed by atoms with Crippen LogP contribution >= 0.6 is 0 Å². The van der Waals surface area contributed by atoms with Crippen molar-refractivity contribution >= 4 is 17.7 Å². The Morgan fingerprint density at radius 2 is 1.80 bits per heavy atom. The van der Waals surface area contributed by atoms with Crippen molar-refractivity contribution in [2.75, 3.05) is 25.0 Å². The summed E-state index contributed by atoms with van der Waals surface area (Å²) in [4.78, 5) is 37.6. The van der Waals surface area contributed by atoms with E-state index in [2.05, 4.69) is 42.0 Å². The van der Waals surface area contributed by atoms with E-state index in [9.17, 15) is 9.59 Å². The Kier molecular flexibility index (Phi) is 7.22. The summed E-state index contributed by atoms with van der Waals surface area (Å²) in [5.41, 5.74) is 4.36. The molecule has 1 aromatic carbocycles. The Hall–Kier alpha value is -2.87. The van der Waals surface area contributed by atoms with Crippen LogP contribution < -0.4 is 10.9 Å². The molecule has 2 N–H and O–H groups in total. The molecule has 1 fully saturated rings. The van der Waals surface area contributed by atoms with Crippen molar-refractivity contribution in [2.45, 2.75) is 84.9 Å². The largest absolute Gasteiger partial charge is 0.444 e. The number of aryl methyl sites for hydroxylation is 2. The first-order chi connectivity index (χ1) is 16.5. The van der Waals surface area contributed by atoms with Crippen LogP contribution in [0.25, 0.3) is 0 Å². The molecule has 8 nitrogen and oxygen atoms in total. The zero-order valence-corrected chi connectivity index (χ0v) is 21.9. The van der Waals surface area contributed by atoms with E-state index < -0.39 is 5.60 Å². The van der Waals surface area contributed by atoms with Crippen LogP contribution in [0.3, 0.4) is 0 Å². The summed E-state index contributed by atoms with van der Waals surface area (Å²) in [6.45, 7) is 14.3. The molecule has 3 heterocycles. The highest BCUT2D eigenvalue weighted by atomic mass is 16.6. The van der Waals surface area contributed by atoms with Crippen molar-refractivity contribution in [1.82, 2.24) is 19.8 Å². The van der Waals surface area contributed by atoms with Crippen molar-refractivity contribution < 1.29 is 9.53 Å². The minimum Gasteiger partial charge on any atom is -0.444 e. The first kappa shape index (κ1) is 25.2. The summed E-state index contributed by atoms with van der Waals surface area (Å²) in [5, 5.41) is 3.28. The van der Waals surface area contributed by atoms with E-state index in [1.807, 2.05) is 37.8 Å². The summed E-state index contributed by atoms with van der Waals surface area (Å²) in [6.07, 6.45) is 3.00. The van der Waals surface area contributed by atoms with Gasteiger partial charge < -0.3 is 15.0 Å². The van der Waals surface area contributed by atoms with Crippen molar-refractivity contribution in [3.63, 3.8) is 0 Å². The number of carbonyl (C=O) groups is 1. The smallest absolute Gasteiger partial charge is 0.410 e. The Morgan fingerprint density at radius 1 is 1.11 bits per heavy atom. The van der Waals surface area contributed by atoms with Gasteiger partial charge in [0.1, 0.15) is 5.60 Å². The zero-order chi connectivity index (χ0) is 25.3. The Morgan fingerprint density at radius 3 is 2.46 bits per heavy atom. The molecule has 190 valence electrons. The van der Waals surface area contributed by atoms with Crippen molar-refractivity contribution in [2.24, 2.45) is 0 Å². The number of ether oxygens (including phenoxy) is 1. The van der Waals surface area contributed by atoms with Gasteiger partial charge >= 0.3 is 6.09 Å². The highest BCUT2D eigenvalue weighted by molar-refractivity contribution is 5.68. The zero-order valence-electron chi connectivity index (χ0n) is 21.9. The molecular formula is C27H39N5O3. The second-order valence-electron chi connectivity index (χ2n) is 11.1. The summed E-state index contributed by atoms with van der Waals surface area (Å²) >= 11 is 0. The van der Waals surface area contributed by atoms with Gasteiger partial charge in [-0.25, -0.2) is 9.78 Å². The van der Waals surface area contributed by atoms with Gasteiger partial charge in [-0.05, 0) is 84.1 Å². The van der Waals surface area contributed by atoms with Crippen LogP contribution in [-0.4, -0.2) is 63.2 Å². The number of nitrogens with zero attached hydrogens (tertiary/aromatic N) is 3. The molecule has 0 radical (unpaired) electrons. The fourth-order valence-corrected chi connectivity index (χ4v) is 5.30. The molecule has 1 amide bonds. The SMILES string of the molecule is Cc1cc(C)cc(Nc2nc3c(c(=O)[nH]2)CCN(C2CCN(C(=O)OC(C)(C)C)[C@@H](C)C2)CC3)c1. The normalized spacial score (nSPS) is 21.3. The van der Waals surface area contributed by atoms with Gasteiger partial charge in [0.2, 0.25) is 5.95 Å². The number of benzene rings is 1. The van der Waals surface area contributed by atoms with E-state index >= 15 is 0 Å². The highest BCUT2D eigenvalue weighted by Crippen LogP contribution is 2.26. The van der Waals surface area contributed by atoms with E-state index in [1.54, 1.807) is 0 Å². The van der Waals surface area contributed by atoms with Gasteiger partial charge in [0.25, 0.3) is 5.56 Å². The Bertz CT molecular complexity index is 1120. The lowest BCUT2D eigenvalue weighted by Crippen LogP contribution is -2.52. The average Bonchev–Trinajstić information content (AvgIpc) is 2.94. The maximum atomic E-state index is 12.9. The van der Waals surface area contributed by atoms with Crippen LogP contribution in [0.4, 0.5) is 16.4 Å². The molecule has 0 aliphatic carbocycles. The van der Waals surface area contributed by atoms with Crippen LogP contribution in [0.15, 0.2) is 23.0 Å². The van der Waals surface area contributed by atoms with Gasteiger partial charge in [-0.2, -0.15) is 0 Å². The number of H-pyrrole nitrogens is 1. The van der Waals surface area contributed by atoms with Gasteiger partial charge in [-0.15, -0.1) is 0 Å². The maximum absolute atomic E-state index is 12.9. The number of likely N-dealkylation sites (tertiary alicyclic amines) is 1. The lowest BCUT2D eigenvalue weighted by Gasteiger charge is -2.42. The van der Waals surface area contributed by atoms with Gasteiger partial charge in [-0.3, -0.25) is 14.7 Å². The van der Waals surface area contributed by atoms with Crippen molar-refractivity contribution in [1.29, 1.82) is 0 Å². The molecule has 4 rings (SSSR count). The third-order valence-electron chi connectivity index (χ3n) is 6.86. The number of aromatic amines is 1. The number of carbonyl (C=O) groups excluding carboxylic acids is 1.